The molecule has 0 heterocycles. The fourth-order valence-electron chi connectivity index (χ4n) is 2.33. The van der Waals surface area contributed by atoms with Crippen LogP contribution in [0.25, 0.3) is 0 Å². The van der Waals surface area contributed by atoms with E-state index in [1.807, 2.05) is 0 Å². The van der Waals surface area contributed by atoms with E-state index < -0.39 is 10.0 Å². The first kappa shape index (κ1) is 21.1. The predicted octanol–water partition coefficient (Wildman–Crippen LogP) is 2.41. The lowest BCUT2D eigenvalue weighted by atomic mass is 10.1. The number of amides is 1. The monoisotopic (exact) mass is 372 g/mol. The zero-order valence-electron chi connectivity index (χ0n) is 15.6. The van der Waals surface area contributed by atoms with Crippen molar-refractivity contribution in [2.24, 2.45) is 0 Å². The third kappa shape index (κ3) is 5.26. The number of carbonyl (C=O) groups excluding carboxylic acids is 1. The number of carbonyl (C=O) groups is 1. The Balaban J connectivity index is 3.30. The van der Waals surface area contributed by atoms with Gasteiger partial charge in [0.05, 0.1) is 31.2 Å². The van der Waals surface area contributed by atoms with Gasteiger partial charge in [-0.2, -0.15) is 0 Å². The minimum Gasteiger partial charge on any atom is -0.493 e. The van der Waals surface area contributed by atoms with Crippen molar-refractivity contribution in [3.05, 3.63) is 17.7 Å². The highest BCUT2D eigenvalue weighted by Gasteiger charge is 2.24. The van der Waals surface area contributed by atoms with Gasteiger partial charge in [-0.1, -0.05) is 19.8 Å². The van der Waals surface area contributed by atoms with E-state index in [9.17, 15) is 13.2 Å². The van der Waals surface area contributed by atoms with Crippen molar-refractivity contribution >= 4 is 21.6 Å². The molecule has 142 valence electrons. The molecule has 1 amide bonds. The number of methoxy groups -OCH3 is 2. The lowest BCUT2D eigenvalue weighted by molar-refractivity contribution is 0.0953. The van der Waals surface area contributed by atoms with Gasteiger partial charge in [0.1, 0.15) is 0 Å². The number of rotatable bonds is 10. The molecule has 8 heteroatoms. The van der Waals surface area contributed by atoms with Gasteiger partial charge in [0, 0.05) is 19.7 Å². The van der Waals surface area contributed by atoms with E-state index in [0.717, 1.165) is 23.6 Å². The number of sulfonamides is 1. The van der Waals surface area contributed by atoms with Crippen LogP contribution in [0, 0.1) is 0 Å². The summed E-state index contributed by atoms with van der Waals surface area (Å²) in [5, 5.41) is 2.83. The van der Waals surface area contributed by atoms with Crippen LogP contribution in [0.2, 0.25) is 0 Å². The second-order valence-electron chi connectivity index (χ2n) is 5.56. The van der Waals surface area contributed by atoms with Gasteiger partial charge in [-0.3, -0.25) is 9.10 Å². The number of ether oxygens (including phenoxy) is 2. The second kappa shape index (κ2) is 9.50. The van der Waals surface area contributed by atoms with Crippen molar-refractivity contribution in [3.63, 3.8) is 0 Å². The summed E-state index contributed by atoms with van der Waals surface area (Å²) < 4.78 is 36.1. The molecule has 0 aromatic heterocycles. The molecule has 0 aliphatic rings. The van der Waals surface area contributed by atoms with Gasteiger partial charge < -0.3 is 14.8 Å². The molecule has 0 unspecified atom stereocenters. The van der Waals surface area contributed by atoms with Crippen LogP contribution in [-0.4, -0.2) is 47.9 Å². The fourth-order valence-corrected chi connectivity index (χ4v) is 3.16. The van der Waals surface area contributed by atoms with E-state index in [2.05, 4.69) is 12.2 Å². The maximum atomic E-state index is 12.6. The second-order valence-corrected chi connectivity index (χ2v) is 7.84. The summed E-state index contributed by atoms with van der Waals surface area (Å²) in [5.41, 5.74) is 0.487. The van der Waals surface area contributed by atoms with Crippen molar-refractivity contribution in [1.29, 1.82) is 0 Å². The molecule has 1 aromatic rings. The molecule has 0 saturated heterocycles. The highest BCUT2D eigenvalue weighted by atomic mass is 32.2. The van der Waals surface area contributed by atoms with E-state index >= 15 is 0 Å². The predicted molar refractivity (Wildman–Crippen MR) is 99.3 cm³/mol. The molecule has 1 aromatic carbocycles. The molecule has 0 saturated carbocycles. The Morgan fingerprint density at radius 1 is 1.12 bits per heavy atom. The number of hydrogen-bond acceptors (Lipinski definition) is 5. The van der Waals surface area contributed by atoms with Crippen LogP contribution < -0.4 is 19.1 Å². The smallest absolute Gasteiger partial charge is 0.253 e. The van der Waals surface area contributed by atoms with Crippen molar-refractivity contribution in [1.82, 2.24) is 5.32 Å². The summed E-state index contributed by atoms with van der Waals surface area (Å²) >= 11 is 0. The maximum Gasteiger partial charge on any atom is 0.253 e. The number of nitrogens with one attached hydrogen (secondary N) is 1. The Kier molecular flexibility index (Phi) is 8.02. The number of unbranched alkanes of at least 4 members (excludes halogenated alkanes) is 2. The molecule has 0 fully saturated rings. The Hall–Kier alpha value is -1.96. The molecular formula is C17H28N2O5S. The van der Waals surface area contributed by atoms with Crippen molar-refractivity contribution in [2.45, 2.75) is 33.1 Å². The van der Waals surface area contributed by atoms with E-state index in [1.165, 1.54) is 33.4 Å². The number of nitrogens with zero attached hydrogens (tertiary/aromatic N) is 1. The molecule has 0 radical (unpaired) electrons. The summed E-state index contributed by atoms with van der Waals surface area (Å²) in [6, 6.07) is 3.01. The van der Waals surface area contributed by atoms with Crippen LogP contribution in [-0.2, 0) is 10.0 Å². The quantitative estimate of drug-likeness (QED) is 0.638. The largest absolute Gasteiger partial charge is 0.493 e. The SMILES string of the molecule is CCCCCNC(=O)c1cc(OC)c(OC)cc1N(C)S(=O)(=O)CC. The Morgan fingerprint density at radius 3 is 2.24 bits per heavy atom. The van der Waals surface area contributed by atoms with Gasteiger partial charge in [0.2, 0.25) is 10.0 Å². The first-order chi connectivity index (χ1) is 11.8. The first-order valence-electron chi connectivity index (χ1n) is 8.33. The zero-order chi connectivity index (χ0) is 19.0. The van der Waals surface area contributed by atoms with Crippen LogP contribution in [0.4, 0.5) is 5.69 Å². The molecule has 7 nitrogen and oxygen atoms in total. The van der Waals surface area contributed by atoms with Crippen molar-refractivity contribution in [3.8, 4) is 11.5 Å². The first-order valence-corrected chi connectivity index (χ1v) is 9.94. The van der Waals surface area contributed by atoms with Gasteiger partial charge in [0.15, 0.2) is 11.5 Å². The van der Waals surface area contributed by atoms with E-state index in [4.69, 9.17) is 9.47 Å². The minimum atomic E-state index is -3.52. The normalized spacial score (nSPS) is 11.1. The van der Waals surface area contributed by atoms with Crippen LogP contribution >= 0.6 is 0 Å². The van der Waals surface area contributed by atoms with E-state index in [-0.39, 0.29) is 22.9 Å². The van der Waals surface area contributed by atoms with Gasteiger partial charge in [-0.15, -0.1) is 0 Å². The number of benzene rings is 1. The third-order valence-electron chi connectivity index (χ3n) is 3.93. The molecule has 1 N–H and O–H groups in total. The van der Waals surface area contributed by atoms with Crippen LogP contribution in [0.15, 0.2) is 12.1 Å². The number of anilines is 1. The topological polar surface area (TPSA) is 84.9 Å². The highest BCUT2D eigenvalue weighted by molar-refractivity contribution is 7.92. The highest BCUT2D eigenvalue weighted by Crippen LogP contribution is 2.35. The maximum absolute atomic E-state index is 12.6. The van der Waals surface area contributed by atoms with Gasteiger partial charge in [0.25, 0.3) is 5.91 Å². The molecule has 0 spiro atoms. The third-order valence-corrected chi connectivity index (χ3v) is 5.69. The Morgan fingerprint density at radius 2 is 1.72 bits per heavy atom. The van der Waals surface area contributed by atoms with Gasteiger partial charge in [-0.25, -0.2) is 8.42 Å². The lowest BCUT2D eigenvalue weighted by Gasteiger charge is -2.23. The molecule has 0 bridgehead atoms. The van der Waals surface area contributed by atoms with Crippen LogP contribution in [0.1, 0.15) is 43.5 Å². The van der Waals surface area contributed by atoms with E-state index in [0.29, 0.717) is 18.0 Å². The summed E-state index contributed by atoms with van der Waals surface area (Å²) in [7, 11) is 0.825. The summed E-state index contributed by atoms with van der Waals surface area (Å²) in [4.78, 5) is 12.6. The van der Waals surface area contributed by atoms with Crippen LogP contribution in [0.5, 0.6) is 11.5 Å². The average molecular weight is 372 g/mol. The standard InChI is InChI=1S/C17H28N2O5S/c1-6-8-9-10-18-17(20)13-11-15(23-4)16(24-5)12-14(13)19(3)25(21,22)7-2/h11-12H,6-10H2,1-5H3,(H,18,20). The molecule has 0 aliphatic carbocycles. The molecule has 25 heavy (non-hydrogen) atoms. The molecule has 0 atom stereocenters. The zero-order valence-corrected chi connectivity index (χ0v) is 16.4. The summed E-state index contributed by atoms with van der Waals surface area (Å²) in [5.74, 6) is 0.311. The Labute approximate surface area is 150 Å². The molecule has 0 aliphatic heterocycles. The van der Waals surface area contributed by atoms with Crippen LogP contribution in [0.3, 0.4) is 0 Å². The number of hydrogen-bond donors (Lipinski definition) is 1. The van der Waals surface area contributed by atoms with Crippen molar-refractivity contribution in [2.75, 3.05) is 37.9 Å². The summed E-state index contributed by atoms with van der Waals surface area (Å²) in [6.45, 7) is 4.17. The Bertz CT molecular complexity index is 689. The minimum absolute atomic E-state index is 0.0740. The van der Waals surface area contributed by atoms with Crippen molar-refractivity contribution < 1.29 is 22.7 Å². The van der Waals surface area contributed by atoms with Gasteiger partial charge >= 0.3 is 0 Å². The average Bonchev–Trinajstić information content (AvgIpc) is 2.63. The molecule has 1 rings (SSSR count). The molecular weight excluding hydrogens is 344 g/mol. The summed E-state index contributed by atoms with van der Waals surface area (Å²) in [6.07, 6.45) is 2.94. The fraction of sp³-hybridized carbons (Fsp3) is 0.588. The van der Waals surface area contributed by atoms with Gasteiger partial charge in [-0.05, 0) is 19.4 Å². The lowest BCUT2D eigenvalue weighted by Crippen LogP contribution is -2.32. The van der Waals surface area contributed by atoms with E-state index in [1.54, 1.807) is 6.92 Å².